The molecule has 4 aromatic rings. The molecule has 0 radical (unpaired) electrons. The van der Waals surface area contributed by atoms with Gasteiger partial charge in [0.2, 0.25) is 11.8 Å². The zero-order valence-corrected chi connectivity index (χ0v) is 20.3. The van der Waals surface area contributed by atoms with Crippen molar-refractivity contribution in [2.75, 3.05) is 25.2 Å². The molecule has 36 heavy (non-hydrogen) atoms. The predicted molar refractivity (Wildman–Crippen MR) is 131 cm³/mol. The summed E-state index contributed by atoms with van der Waals surface area (Å²) in [6.45, 7) is 1.78. The Morgan fingerprint density at radius 3 is 2.58 bits per heavy atom. The smallest absolute Gasteiger partial charge is 0.240 e. The first-order valence-corrected chi connectivity index (χ1v) is 12.4. The Balaban J connectivity index is 1.49. The van der Waals surface area contributed by atoms with Crippen LogP contribution in [0.3, 0.4) is 0 Å². The Hall–Kier alpha value is -4.39. The molecule has 2 aromatic heterocycles. The molecule has 12 nitrogen and oxygen atoms in total. The molecule has 4 rings (SSSR count). The monoisotopic (exact) mass is 509 g/mol. The minimum absolute atomic E-state index is 0.0255. The van der Waals surface area contributed by atoms with E-state index in [1.807, 2.05) is 6.92 Å². The number of nitrogens with zero attached hydrogens (tertiary/aromatic N) is 6. The fourth-order valence-electron chi connectivity index (χ4n) is 3.40. The first-order valence-electron chi connectivity index (χ1n) is 10.8. The third kappa shape index (κ3) is 5.63. The number of hydrogen-bond acceptors (Lipinski definition) is 11. The van der Waals surface area contributed by atoms with Gasteiger partial charge in [-0.05, 0) is 41.9 Å². The van der Waals surface area contributed by atoms with Crippen LogP contribution in [0.1, 0.15) is 17.0 Å². The van der Waals surface area contributed by atoms with Gasteiger partial charge in [-0.25, -0.2) is 18.4 Å². The third-order valence-electron chi connectivity index (χ3n) is 5.22. The molecule has 0 saturated heterocycles. The number of sulfone groups is 1. The summed E-state index contributed by atoms with van der Waals surface area (Å²) in [6, 6.07) is 13.1. The van der Waals surface area contributed by atoms with E-state index in [0.29, 0.717) is 17.4 Å². The van der Waals surface area contributed by atoms with Crippen molar-refractivity contribution in [2.45, 2.75) is 18.2 Å². The van der Waals surface area contributed by atoms with Gasteiger partial charge in [-0.15, -0.1) is 10.0 Å². The average molecular weight is 510 g/mol. The average Bonchev–Trinajstić information content (AvgIpc) is 3.24. The van der Waals surface area contributed by atoms with Crippen LogP contribution in [0.2, 0.25) is 0 Å². The van der Waals surface area contributed by atoms with Crippen molar-refractivity contribution in [1.29, 1.82) is 0 Å². The molecule has 186 valence electrons. The number of aryl methyl sites for hydroxylation is 1. The molecule has 2 heterocycles. The van der Waals surface area contributed by atoms with Gasteiger partial charge in [0, 0.05) is 12.5 Å². The molecule has 2 aromatic carbocycles. The van der Waals surface area contributed by atoms with Gasteiger partial charge in [-0.1, -0.05) is 23.8 Å². The Kier molecular flexibility index (Phi) is 7.20. The van der Waals surface area contributed by atoms with Crippen molar-refractivity contribution in [1.82, 2.24) is 24.7 Å². The van der Waals surface area contributed by atoms with Gasteiger partial charge in [0.25, 0.3) is 0 Å². The van der Waals surface area contributed by atoms with E-state index in [9.17, 15) is 13.3 Å². The number of hydrogen-bond donors (Lipinski definition) is 1. The maximum absolute atomic E-state index is 12.5. The fraction of sp³-hybridized carbons (Fsp3) is 0.217. The molecule has 2 N–H and O–H groups in total. The number of rotatable bonds is 10. The molecule has 0 amide bonds. The maximum Gasteiger partial charge on any atom is 0.240 e. The van der Waals surface area contributed by atoms with Crippen LogP contribution in [0.4, 0.5) is 11.6 Å². The van der Waals surface area contributed by atoms with E-state index in [-0.39, 0.29) is 41.2 Å². The lowest BCUT2D eigenvalue weighted by Gasteiger charge is -2.09. The van der Waals surface area contributed by atoms with Crippen molar-refractivity contribution in [3.8, 4) is 17.4 Å². The molecule has 0 atom stereocenters. The minimum atomic E-state index is -3.51. The lowest BCUT2D eigenvalue weighted by atomic mass is 10.1. The molecule has 0 saturated carbocycles. The van der Waals surface area contributed by atoms with E-state index in [1.54, 1.807) is 42.5 Å². The quantitative estimate of drug-likeness (QED) is 0.314. The summed E-state index contributed by atoms with van der Waals surface area (Å²) in [7, 11) is -2.06. The van der Waals surface area contributed by atoms with E-state index in [0.717, 1.165) is 11.1 Å². The molecule has 0 aliphatic carbocycles. The second-order valence-electron chi connectivity index (χ2n) is 7.77. The molecule has 0 fully saturated rings. The van der Waals surface area contributed by atoms with Gasteiger partial charge in [-0.3, -0.25) is 0 Å². The van der Waals surface area contributed by atoms with Crippen LogP contribution in [-0.4, -0.2) is 52.6 Å². The summed E-state index contributed by atoms with van der Waals surface area (Å²) >= 11 is 0. The number of aromatic nitrogens is 5. The van der Waals surface area contributed by atoms with E-state index < -0.39 is 9.84 Å². The Morgan fingerprint density at radius 2 is 1.86 bits per heavy atom. The Bertz CT molecular complexity index is 1490. The van der Waals surface area contributed by atoms with E-state index in [2.05, 4.69) is 25.2 Å². The van der Waals surface area contributed by atoms with Crippen LogP contribution >= 0.6 is 0 Å². The summed E-state index contributed by atoms with van der Waals surface area (Å²) in [6.07, 6.45) is 1.54. The van der Waals surface area contributed by atoms with Gasteiger partial charge in [0.15, 0.2) is 15.7 Å². The second kappa shape index (κ2) is 10.5. The van der Waals surface area contributed by atoms with Crippen LogP contribution in [0.15, 0.2) is 64.9 Å². The summed E-state index contributed by atoms with van der Waals surface area (Å²) in [5.74, 6) is 1.09. The third-order valence-corrected chi connectivity index (χ3v) is 6.92. The number of nitrogens with two attached hydrogens (primary N) is 1. The first kappa shape index (κ1) is 24.7. The lowest BCUT2D eigenvalue weighted by Crippen LogP contribution is -2.15. The molecular formula is C23H23N7O5S. The van der Waals surface area contributed by atoms with Gasteiger partial charge in [0.1, 0.15) is 30.2 Å². The molecule has 0 unspecified atom stereocenters. The number of nitrogen functional groups attached to an aromatic ring is 1. The zero-order chi connectivity index (χ0) is 25.7. The van der Waals surface area contributed by atoms with Crippen LogP contribution in [0, 0.1) is 11.8 Å². The predicted octanol–water partition coefficient (Wildman–Crippen LogP) is 2.80. The van der Waals surface area contributed by atoms with Crippen molar-refractivity contribution >= 4 is 21.5 Å². The van der Waals surface area contributed by atoms with Crippen molar-refractivity contribution in [2.24, 2.45) is 5.18 Å². The highest BCUT2D eigenvalue weighted by Gasteiger charge is 2.17. The van der Waals surface area contributed by atoms with Gasteiger partial charge in [0.05, 0.1) is 17.8 Å². The molecule has 0 spiro atoms. The van der Waals surface area contributed by atoms with Crippen molar-refractivity contribution < 1.29 is 17.9 Å². The van der Waals surface area contributed by atoms with Crippen molar-refractivity contribution in [3.63, 3.8) is 0 Å². The zero-order valence-electron chi connectivity index (χ0n) is 19.5. The Morgan fingerprint density at radius 1 is 1.08 bits per heavy atom. The SMILES string of the molecule is COc1ccc(Cc2nc(N)nn2-c2cc(OCCS(=O)(=O)c3ccc(C)cc3)ncn2)cc1N=O. The molecule has 0 bridgehead atoms. The highest BCUT2D eigenvalue weighted by atomic mass is 32.2. The topological polar surface area (TPSA) is 165 Å². The highest BCUT2D eigenvalue weighted by Crippen LogP contribution is 2.29. The summed E-state index contributed by atoms with van der Waals surface area (Å²) in [4.78, 5) is 23.9. The first-order chi connectivity index (χ1) is 17.3. The van der Waals surface area contributed by atoms with Gasteiger partial charge in [-0.2, -0.15) is 9.67 Å². The van der Waals surface area contributed by atoms with Crippen LogP contribution < -0.4 is 15.2 Å². The normalized spacial score (nSPS) is 11.3. The maximum atomic E-state index is 12.5. The summed E-state index contributed by atoms with van der Waals surface area (Å²) in [5.41, 5.74) is 7.69. The molecule has 0 aliphatic rings. The molecule has 0 aliphatic heterocycles. The minimum Gasteiger partial charge on any atom is -0.494 e. The number of anilines is 1. The van der Waals surface area contributed by atoms with Crippen molar-refractivity contribution in [3.05, 3.63) is 76.7 Å². The standard InChI is InChI=1S/C23H23N7O5S/c1-15-3-6-17(7-4-15)36(32,33)10-9-35-22-13-20(25-14-26-22)30-21(27-23(24)28-30)12-16-5-8-19(34-2)18(11-16)29-31/h3-8,11,13-14H,9-10,12H2,1-2H3,(H2,24,28). The largest absolute Gasteiger partial charge is 0.494 e. The fourth-order valence-corrected chi connectivity index (χ4v) is 4.49. The number of methoxy groups -OCH3 is 1. The number of ether oxygens (including phenoxy) is 2. The molecular weight excluding hydrogens is 486 g/mol. The Labute approximate surface area is 207 Å². The lowest BCUT2D eigenvalue weighted by molar-refractivity contribution is 0.326. The van der Waals surface area contributed by atoms with Gasteiger partial charge < -0.3 is 15.2 Å². The molecule has 13 heteroatoms. The second-order valence-corrected chi connectivity index (χ2v) is 9.88. The van der Waals surface area contributed by atoms with E-state index in [4.69, 9.17) is 15.2 Å². The summed E-state index contributed by atoms with van der Waals surface area (Å²) < 4.78 is 37.2. The number of nitroso groups, excluding NO2 is 1. The van der Waals surface area contributed by atoms with Gasteiger partial charge >= 0.3 is 0 Å². The van der Waals surface area contributed by atoms with E-state index >= 15 is 0 Å². The van der Waals surface area contributed by atoms with Crippen LogP contribution in [-0.2, 0) is 16.3 Å². The summed E-state index contributed by atoms with van der Waals surface area (Å²) in [5, 5.41) is 7.18. The van der Waals surface area contributed by atoms with Crippen LogP contribution in [0.5, 0.6) is 11.6 Å². The van der Waals surface area contributed by atoms with E-state index in [1.165, 1.54) is 24.2 Å². The van der Waals surface area contributed by atoms with Crippen LogP contribution in [0.25, 0.3) is 5.82 Å². The number of benzene rings is 2. The highest BCUT2D eigenvalue weighted by molar-refractivity contribution is 7.91.